The first kappa shape index (κ1) is 17.0. The Hall–Kier alpha value is -1.08. The van der Waals surface area contributed by atoms with Crippen LogP contribution in [0.1, 0.15) is 40.4 Å². The van der Waals surface area contributed by atoms with Crippen molar-refractivity contribution in [2.24, 2.45) is 5.92 Å². The summed E-state index contributed by atoms with van der Waals surface area (Å²) in [5, 5.41) is 17.6. The molecular weight excluding hydrogens is 278 g/mol. The lowest BCUT2D eigenvalue weighted by Crippen LogP contribution is -2.21. The van der Waals surface area contributed by atoms with E-state index in [1.54, 1.807) is 0 Å². The fourth-order valence-electron chi connectivity index (χ4n) is 1.49. The molecule has 0 amide bonds. The maximum absolute atomic E-state index is 10.7. The Kier molecular flexibility index (Phi) is 6.01. The Bertz CT molecular complexity index is 452. The van der Waals surface area contributed by atoms with Crippen LogP contribution >= 0.6 is 11.8 Å². The van der Waals surface area contributed by atoms with E-state index in [2.05, 4.69) is 24.0 Å². The fraction of sp³-hybridized carbons (Fsp3) is 0.769. The standard InChI is InChI=1S/C13H23N3O3S/c1-9(2)6-16-10(7-19-13(3,4)5)14-15-12(16)20-8-11(17)18/h9H,6-8H2,1-5H3,(H,17,18). The van der Waals surface area contributed by atoms with E-state index in [9.17, 15) is 4.79 Å². The van der Waals surface area contributed by atoms with Crippen molar-refractivity contribution in [1.82, 2.24) is 14.8 Å². The molecule has 0 fully saturated rings. The van der Waals surface area contributed by atoms with Gasteiger partial charge in [-0.05, 0) is 26.7 Å². The summed E-state index contributed by atoms with van der Waals surface area (Å²) in [4.78, 5) is 10.7. The van der Waals surface area contributed by atoms with E-state index in [1.807, 2.05) is 25.3 Å². The van der Waals surface area contributed by atoms with Crippen molar-refractivity contribution in [2.75, 3.05) is 5.75 Å². The first-order valence-corrected chi connectivity index (χ1v) is 7.58. The Morgan fingerprint density at radius 1 is 1.40 bits per heavy atom. The van der Waals surface area contributed by atoms with Gasteiger partial charge in [0.05, 0.1) is 11.4 Å². The highest BCUT2D eigenvalue weighted by Crippen LogP contribution is 2.20. The second-order valence-electron chi connectivity index (χ2n) is 5.99. The summed E-state index contributed by atoms with van der Waals surface area (Å²) in [5.74, 6) is 0.280. The third-order valence-corrected chi connectivity index (χ3v) is 3.25. The molecule has 7 heteroatoms. The molecule has 0 unspecified atom stereocenters. The second kappa shape index (κ2) is 7.08. The molecule has 0 atom stereocenters. The van der Waals surface area contributed by atoms with Crippen LogP contribution in [0.3, 0.4) is 0 Å². The molecule has 0 spiro atoms. The molecule has 20 heavy (non-hydrogen) atoms. The monoisotopic (exact) mass is 301 g/mol. The molecule has 0 saturated heterocycles. The number of rotatable bonds is 7. The van der Waals surface area contributed by atoms with Crippen LogP contribution in [-0.2, 0) is 22.7 Å². The molecular formula is C13H23N3O3S. The Labute approximate surface area is 123 Å². The number of carbonyl (C=O) groups is 1. The first-order chi connectivity index (χ1) is 9.19. The number of ether oxygens (including phenoxy) is 1. The van der Waals surface area contributed by atoms with Gasteiger partial charge in [0.1, 0.15) is 6.61 Å². The van der Waals surface area contributed by atoms with Crippen molar-refractivity contribution < 1.29 is 14.6 Å². The predicted molar refractivity (Wildman–Crippen MR) is 77.8 cm³/mol. The summed E-state index contributed by atoms with van der Waals surface area (Å²) in [6, 6.07) is 0. The van der Waals surface area contributed by atoms with E-state index in [-0.39, 0.29) is 11.4 Å². The smallest absolute Gasteiger partial charge is 0.313 e. The first-order valence-electron chi connectivity index (χ1n) is 6.59. The van der Waals surface area contributed by atoms with Gasteiger partial charge in [0.25, 0.3) is 0 Å². The molecule has 1 N–H and O–H groups in total. The summed E-state index contributed by atoms with van der Waals surface area (Å²) >= 11 is 1.19. The van der Waals surface area contributed by atoms with E-state index in [0.717, 1.165) is 12.4 Å². The number of carboxylic acids is 1. The number of aliphatic carboxylic acids is 1. The minimum absolute atomic E-state index is 0.0175. The molecule has 1 aromatic heterocycles. The van der Waals surface area contributed by atoms with E-state index in [0.29, 0.717) is 17.7 Å². The van der Waals surface area contributed by atoms with Crippen molar-refractivity contribution in [1.29, 1.82) is 0 Å². The summed E-state index contributed by atoms with van der Waals surface area (Å²) in [7, 11) is 0. The normalized spacial score (nSPS) is 12.1. The molecule has 0 aliphatic heterocycles. The quantitative estimate of drug-likeness (QED) is 0.779. The lowest BCUT2D eigenvalue weighted by molar-refractivity contribution is -0.133. The fourth-order valence-corrected chi connectivity index (χ4v) is 2.18. The van der Waals surface area contributed by atoms with E-state index in [1.165, 1.54) is 11.8 Å². The van der Waals surface area contributed by atoms with Crippen molar-refractivity contribution in [3.63, 3.8) is 0 Å². The van der Waals surface area contributed by atoms with Gasteiger partial charge in [0, 0.05) is 6.54 Å². The van der Waals surface area contributed by atoms with E-state index in [4.69, 9.17) is 9.84 Å². The van der Waals surface area contributed by atoms with Gasteiger partial charge in [-0.3, -0.25) is 4.79 Å². The highest BCUT2D eigenvalue weighted by Gasteiger charge is 2.18. The topological polar surface area (TPSA) is 77.2 Å². The van der Waals surface area contributed by atoms with Gasteiger partial charge < -0.3 is 14.4 Å². The zero-order valence-corrected chi connectivity index (χ0v) is 13.5. The highest BCUT2D eigenvalue weighted by atomic mass is 32.2. The Morgan fingerprint density at radius 3 is 2.55 bits per heavy atom. The van der Waals surface area contributed by atoms with Crippen LogP contribution in [0, 0.1) is 5.92 Å². The van der Waals surface area contributed by atoms with Gasteiger partial charge in [-0.2, -0.15) is 0 Å². The third kappa shape index (κ3) is 5.92. The van der Waals surface area contributed by atoms with Gasteiger partial charge >= 0.3 is 5.97 Å². The van der Waals surface area contributed by atoms with Crippen LogP contribution in [0.2, 0.25) is 0 Å². The zero-order valence-electron chi connectivity index (χ0n) is 12.7. The molecule has 6 nitrogen and oxygen atoms in total. The summed E-state index contributed by atoms with van der Waals surface area (Å²) in [6.07, 6.45) is 0. The van der Waals surface area contributed by atoms with Crippen LogP contribution in [0.4, 0.5) is 0 Å². The summed E-state index contributed by atoms with van der Waals surface area (Å²) < 4.78 is 7.68. The van der Waals surface area contributed by atoms with Gasteiger partial charge in [-0.15, -0.1) is 10.2 Å². The lowest BCUT2D eigenvalue weighted by atomic mass is 10.2. The number of carboxylic acid groups (broad SMARTS) is 1. The molecule has 1 heterocycles. The molecule has 114 valence electrons. The van der Waals surface area contributed by atoms with Crippen molar-refractivity contribution in [3.05, 3.63) is 5.82 Å². The summed E-state index contributed by atoms with van der Waals surface area (Å²) in [6.45, 7) is 11.3. The average Bonchev–Trinajstić information content (AvgIpc) is 2.64. The molecule has 1 rings (SSSR count). The number of hydrogen-bond acceptors (Lipinski definition) is 5. The SMILES string of the molecule is CC(C)Cn1c(COC(C)(C)C)nnc1SCC(=O)O. The van der Waals surface area contributed by atoms with Crippen LogP contribution < -0.4 is 0 Å². The largest absolute Gasteiger partial charge is 0.481 e. The zero-order chi connectivity index (χ0) is 15.3. The maximum atomic E-state index is 10.7. The number of aromatic nitrogens is 3. The maximum Gasteiger partial charge on any atom is 0.313 e. The number of thioether (sulfide) groups is 1. The lowest BCUT2D eigenvalue weighted by Gasteiger charge is -2.20. The number of nitrogens with zero attached hydrogens (tertiary/aromatic N) is 3. The van der Waals surface area contributed by atoms with Gasteiger partial charge in [-0.25, -0.2) is 0 Å². The van der Waals surface area contributed by atoms with Crippen molar-refractivity contribution in [3.8, 4) is 0 Å². The van der Waals surface area contributed by atoms with Crippen LogP contribution in [0.5, 0.6) is 0 Å². The average molecular weight is 301 g/mol. The predicted octanol–water partition coefficient (Wildman–Crippen LogP) is 2.43. The molecule has 0 aromatic carbocycles. The Morgan fingerprint density at radius 2 is 2.05 bits per heavy atom. The molecule has 0 aliphatic rings. The minimum Gasteiger partial charge on any atom is -0.481 e. The van der Waals surface area contributed by atoms with Crippen LogP contribution in [0.25, 0.3) is 0 Å². The van der Waals surface area contributed by atoms with Crippen molar-refractivity contribution >= 4 is 17.7 Å². The van der Waals surface area contributed by atoms with Crippen LogP contribution in [-0.4, -0.2) is 37.2 Å². The summed E-state index contributed by atoms with van der Waals surface area (Å²) in [5.41, 5.74) is -0.247. The third-order valence-electron chi connectivity index (χ3n) is 2.30. The minimum atomic E-state index is -0.860. The molecule has 0 radical (unpaired) electrons. The van der Waals surface area contributed by atoms with Gasteiger partial charge in [0.15, 0.2) is 11.0 Å². The molecule has 1 aromatic rings. The van der Waals surface area contributed by atoms with E-state index >= 15 is 0 Å². The van der Waals surface area contributed by atoms with E-state index < -0.39 is 5.97 Å². The van der Waals surface area contributed by atoms with Crippen LogP contribution in [0.15, 0.2) is 5.16 Å². The highest BCUT2D eigenvalue weighted by molar-refractivity contribution is 7.99. The van der Waals surface area contributed by atoms with Gasteiger partial charge in [0.2, 0.25) is 0 Å². The molecule has 0 saturated carbocycles. The second-order valence-corrected chi connectivity index (χ2v) is 6.93. The van der Waals surface area contributed by atoms with Gasteiger partial charge in [-0.1, -0.05) is 25.6 Å². The number of hydrogen-bond donors (Lipinski definition) is 1. The molecule has 0 aliphatic carbocycles. The molecule has 0 bridgehead atoms. The Balaban J connectivity index is 2.84. The van der Waals surface area contributed by atoms with Crippen molar-refractivity contribution in [2.45, 2.75) is 58.5 Å².